The average molecular weight is 454 g/mol. The van der Waals surface area contributed by atoms with Crippen molar-refractivity contribution in [1.29, 1.82) is 0 Å². The van der Waals surface area contributed by atoms with Gasteiger partial charge in [0.2, 0.25) is 10.0 Å². The summed E-state index contributed by atoms with van der Waals surface area (Å²) in [7, 11) is -0.705. The number of piperidine rings is 1. The molecule has 0 bridgehead atoms. The van der Waals surface area contributed by atoms with E-state index in [2.05, 4.69) is 15.3 Å². The van der Waals surface area contributed by atoms with Crippen LogP contribution >= 0.6 is 0 Å². The van der Waals surface area contributed by atoms with Crippen LogP contribution in [-0.4, -0.2) is 55.6 Å². The molecule has 0 saturated carbocycles. The van der Waals surface area contributed by atoms with E-state index in [1.165, 1.54) is 20.2 Å². The first-order valence-electron chi connectivity index (χ1n) is 10.6. The Labute approximate surface area is 188 Å². The van der Waals surface area contributed by atoms with Crippen LogP contribution in [0.4, 0.5) is 11.4 Å². The second-order valence-corrected chi connectivity index (χ2v) is 10.1. The van der Waals surface area contributed by atoms with Crippen molar-refractivity contribution in [3.63, 3.8) is 0 Å². The van der Waals surface area contributed by atoms with Gasteiger partial charge < -0.3 is 10.2 Å². The molecule has 1 saturated heterocycles. The molecule has 4 rings (SSSR count). The number of aromatic nitrogens is 2. The Hall–Kier alpha value is -3.17. The number of rotatable bonds is 6. The number of amides is 1. The number of sulfonamides is 1. The molecule has 1 fully saturated rings. The Morgan fingerprint density at radius 1 is 1.03 bits per heavy atom. The van der Waals surface area contributed by atoms with Crippen molar-refractivity contribution < 1.29 is 13.2 Å². The number of hydrogen-bond acceptors (Lipinski definition) is 5. The number of hydrogen-bond donors (Lipinski definition) is 1. The highest BCUT2D eigenvalue weighted by molar-refractivity contribution is 7.89. The van der Waals surface area contributed by atoms with E-state index in [9.17, 15) is 13.2 Å². The van der Waals surface area contributed by atoms with E-state index >= 15 is 0 Å². The highest BCUT2D eigenvalue weighted by Gasteiger charge is 2.24. The van der Waals surface area contributed by atoms with Crippen molar-refractivity contribution in [2.24, 2.45) is 0 Å². The predicted molar refractivity (Wildman–Crippen MR) is 125 cm³/mol. The summed E-state index contributed by atoms with van der Waals surface area (Å²) in [6.07, 6.45) is 6.76. The van der Waals surface area contributed by atoms with E-state index in [1.807, 2.05) is 30.5 Å². The van der Waals surface area contributed by atoms with E-state index in [-0.39, 0.29) is 10.8 Å². The lowest BCUT2D eigenvalue weighted by Gasteiger charge is -2.30. The van der Waals surface area contributed by atoms with Crippen LogP contribution in [0.1, 0.15) is 29.6 Å². The molecule has 3 aromatic rings. The van der Waals surface area contributed by atoms with Crippen LogP contribution in [0, 0.1) is 0 Å². The molecule has 0 radical (unpaired) electrons. The van der Waals surface area contributed by atoms with Gasteiger partial charge in [-0.15, -0.1) is 0 Å². The summed E-state index contributed by atoms with van der Waals surface area (Å²) in [4.78, 5) is 15.6. The fraction of sp³-hybridized carbons (Fsp3) is 0.304. The van der Waals surface area contributed by atoms with Crippen molar-refractivity contribution in [2.75, 3.05) is 37.4 Å². The molecular formula is C23H27N5O3S. The van der Waals surface area contributed by atoms with Gasteiger partial charge in [-0.3, -0.25) is 4.79 Å². The van der Waals surface area contributed by atoms with Crippen molar-refractivity contribution in [1.82, 2.24) is 14.1 Å². The van der Waals surface area contributed by atoms with Crippen LogP contribution in [0.15, 0.2) is 65.8 Å². The second-order valence-electron chi connectivity index (χ2n) is 7.97. The Kier molecular flexibility index (Phi) is 6.29. The van der Waals surface area contributed by atoms with Crippen LogP contribution in [0.2, 0.25) is 0 Å². The first-order chi connectivity index (χ1) is 15.4. The zero-order valence-electron chi connectivity index (χ0n) is 18.2. The summed E-state index contributed by atoms with van der Waals surface area (Å²) in [5.74, 6) is -0.348. The van der Waals surface area contributed by atoms with E-state index in [0.29, 0.717) is 11.3 Å². The zero-order chi connectivity index (χ0) is 22.7. The molecule has 0 spiro atoms. The van der Waals surface area contributed by atoms with Gasteiger partial charge >= 0.3 is 0 Å². The number of nitrogens with one attached hydrogen (secondary N) is 1. The lowest BCUT2D eigenvalue weighted by atomic mass is 10.1. The summed E-state index contributed by atoms with van der Waals surface area (Å²) in [6, 6.07) is 14.0. The normalized spacial score (nSPS) is 14.5. The Morgan fingerprint density at radius 2 is 1.81 bits per heavy atom. The minimum Gasteiger partial charge on any atom is -0.371 e. The van der Waals surface area contributed by atoms with Crippen LogP contribution in [-0.2, 0) is 10.0 Å². The monoisotopic (exact) mass is 453 g/mol. The Balaban J connectivity index is 1.70. The molecule has 1 aliphatic heterocycles. The lowest BCUT2D eigenvalue weighted by molar-refractivity contribution is 0.102. The average Bonchev–Trinajstić information content (AvgIpc) is 3.34. The highest BCUT2D eigenvalue weighted by atomic mass is 32.2. The van der Waals surface area contributed by atoms with E-state index in [4.69, 9.17) is 0 Å². The summed E-state index contributed by atoms with van der Waals surface area (Å²) in [5, 5.41) is 7.15. The van der Waals surface area contributed by atoms with Crippen LogP contribution in [0.5, 0.6) is 0 Å². The van der Waals surface area contributed by atoms with E-state index in [1.54, 1.807) is 29.1 Å². The van der Waals surface area contributed by atoms with Gasteiger partial charge in [0.15, 0.2) is 0 Å². The minimum atomic E-state index is -3.67. The molecule has 8 nitrogen and oxygen atoms in total. The molecular weight excluding hydrogens is 426 g/mol. The molecule has 0 unspecified atom stereocenters. The minimum absolute atomic E-state index is 0.0960. The largest absolute Gasteiger partial charge is 0.371 e. The Morgan fingerprint density at radius 3 is 2.50 bits per heavy atom. The molecule has 168 valence electrons. The van der Waals surface area contributed by atoms with Gasteiger partial charge in [-0.1, -0.05) is 6.07 Å². The third kappa shape index (κ3) is 4.53. The quantitative estimate of drug-likeness (QED) is 0.618. The molecule has 1 aromatic heterocycles. The fourth-order valence-electron chi connectivity index (χ4n) is 3.83. The van der Waals surface area contributed by atoms with Gasteiger partial charge in [0.1, 0.15) is 0 Å². The predicted octanol–water partition coefficient (Wildman–Crippen LogP) is 3.37. The van der Waals surface area contributed by atoms with Gasteiger partial charge in [-0.05, 0) is 61.7 Å². The molecule has 1 aliphatic rings. The number of anilines is 2. The molecule has 0 aliphatic carbocycles. The van der Waals surface area contributed by atoms with Gasteiger partial charge in [0.25, 0.3) is 5.91 Å². The van der Waals surface area contributed by atoms with Crippen molar-refractivity contribution in [3.8, 4) is 5.69 Å². The van der Waals surface area contributed by atoms with Crippen LogP contribution in [0.3, 0.4) is 0 Å². The summed E-state index contributed by atoms with van der Waals surface area (Å²) in [6.45, 7) is 1.68. The first-order valence-corrected chi connectivity index (χ1v) is 12.0. The Bertz CT molecular complexity index is 1200. The van der Waals surface area contributed by atoms with Crippen molar-refractivity contribution >= 4 is 27.3 Å². The van der Waals surface area contributed by atoms with Crippen LogP contribution < -0.4 is 10.2 Å². The first kappa shape index (κ1) is 22.0. The molecule has 9 heteroatoms. The number of carbonyl (C=O) groups is 1. The second kappa shape index (κ2) is 9.13. The van der Waals surface area contributed by atoms with Crippen molar-refractivity contribution in [3.05, 3.63) is 66.5 Å². The maximum absolute atomic E-state index is 13.4. The molecule has 32 heavy (non-hydrogen) atoms. The molecule has 2 aromatic carbocycles. The summed E-state index contributed by atoms with van der Waals surface area (Å²) in [5.41, 5.74) is 2.52. The van der Waals surface area contributed by atoms with Gasteiger partial charge in [-0.2, -0.15) is 5.10 Å². The number of benzene rings is 2. The standard InChI is InChI=1S/C23H27N5O3S/c1-26(2)32(30,31)20-10-11-22(27-13-4-3-5-14-27)21(17-20)23(29)25-18-8-6-9-19(16-18)28-15-7-12-24-28/h6-12,15-17H,3-5,13-14H2,1-2H3,(H,25,29). The SMILES string of the molecule is CN(C)S(=O)(=O)c1ccc(N2CCCCC2)c(C(=O)Nc2cccc(-n3cccn3)c2)c1. The highest BCUT2D eigenvalue weighted by Crippen LogP contribution is 2.29. The molecule has 1 amide bonds. The molecule has 2 heterocycles. The van der Waals surface area contributed by atoms with Gasteiger partial charge in [0, 0.05) is 51.0 Å². The smallest absolute Gasteiger partial charge is 0.257 e. The summed E-state index contributed by atoms with van der Waals surface area (Å²) >= 11 is 0. The van der Waals surface area contributed by atoms with Crippen LogP contribution in [0.25, 0.3) is 5.69 Å². The lowest BCUT2D eigenvalue weighted by Crippen LogP contribution is -2.32. The van der Waals surface area contributed by atoms with Gasteiger partial charge in [-0.25, -0.2) is 17.4 Å². The maximum Gasteiger partial charge on any atom is 0.257 e. The third-order valence-corrected chi connectivity index (χ3v) is 7.37. The number of carbonyl (C=O) groups excluding carboxylic acids is 1. The van der Waals surface area contributed by atoms with Gasteiger partial charge in [0.05, 0.1) is 16.1 Å². The number of nitrogens with zero attached hydrogens (tertiary/aromatic N) is 4. The molecule has 1 N–H and O–H groups in total. The maximum atomic E-state index is 13.4. The topological polar surface area (TPSA) is 87.5 Å². The third-order valence-electron chi connectivity index (χ3n) is 5.56. The van der Waals surface area contributed by atoms with E-state index < -0.39 is 10.0 Å². The zero-order valence-corrected chi connectivity index (χ0v) is 19.0. The molecule has 0 atom stereocenters. The summed E-state index contributed by atoms with van der Waals surface area (Å²) < 4.78 is 28.3. The fourth-order valence-corrected chi connectivity index (χ4v) is 4.75. The van der Waals surface area contributed by atoms with Crippen molar-refractivity contribution in [2.45, 2.75) is 24.2 Å². The van der Waals surface area contributed by atoms with E-state index in [0.717, 1.165) is 48.0 Å².